The smallest absolute Gasteiger partial charge is 0.325 e. The number of amides is 3. The van der Waals surface area contributed by atoms with Gasteiger partial charge in [0.1, 0.15) is 6.04 Å². The highest BCUT2D eigenvalue weighted by atomic mass is 16.2. The summed E-state index contributed by atoms with van der Waals surface area (Å²) < 4.78 is 0. The van der Waals surface area contributed by atoms with Crippen LogP contribution in [0.3, 0.4) is 0 Å². The summed E-state index contributed by atoms with van der Waals surface area (Å²) in [5, 5.41) is 2.69. The number of urea groups is 1. The average Bonchev–Trinajstić information content (AvgIpc) is 2.56. The van der Waals surface area contributed by atoms with E-state index in [2.05, 4.69) is 5.32 Å². The van der Waals surface area contributed by atoms with Gasteiger partial charge in [0.15, 0.2) is 0 Å². The second kappa shape index (κ2) is 4.35. The first kappa shape index (κ1) is 10.7. The van der Waals surface area contributed by atoms with Crippen molar-refractivity contribution in [3.8, 4) is 0 Å². The molecule has 84 valence electrons. The molecule has 16 heavy (non-hydrogen) atoms. The summed E-state index contributed by atoms with van der Waals surface area (Å²) in [6, 6.07) is 8.29. The Bertz CT molecular complexity index is 403. The zero-order chi connectivity index (χ0) is 11.5. The lowest BCUT2D eigenvalue weighted by atomic mass is 10.1. The molecule has 1 aromatic rings. The minimum absolute atomic E-state index is 0.155. The molecule has 2 rings (SSSR count). The van der Waals surface area contributed by atoms with Gasteiger partial charge in [-0.3, -0.25) is 4.79 Å². The van der Waals surface area contributed by atoms with Crippen molar-refractivity contribution in [1.29, 1.82) is 0 Å². The first-order chi connectivity index (χ1) is 7.74. The van der Waals surface area contributed by atoms with Gasteiger partial charge in [-0.05, 0) is 18.6 Å². The molecule has 0 aromatic heterocycles. The summed E-state index contributed by atoms with van der Waals surface area (Å²) >= 11 is 0. The molecule has 4 nitrogen and oxygen atoms in total. The van der Waals surface area contributed by atoms with Gasteiger partial charge in [-0.25, -0.2) is 9.69 Å². The Labute approximate surface area is 94.2 Å². The topological polar surface area (TPSA) is 49.4 Å². The number of hydrogen-bond acceptors (Lipinski definition) is 2. The predicted octanol–water partition coefficient (Wildman–Crippen LogP) is 1.91. The molecular formula is C12H14N2O2. The number of benzene rings is 1. The van der Waals surface area contributed by atoms with Crippen molar-refractivity contribution in [2.75, 3.05) is 4.90 Å². The number of hydrogen-bond donors (Lipinski definition) is 1. The lowest BCUT2D eigenvalue weighted by Gasteiger charge is -2.12. The van der Waals surface area contributed by atoms with Crippen LogP contribution >= 0.6 is 0 Å². The maximum absolute atomic E-state index is 11.9. The molecule has 0 aliphatic carbocycles. The second-order valence-electron chi connectivity index (χ2n) is 3.80. The highest BCUT2D eigenvalue weighted by Gasteiger charge is 2.37. The summed E-state index contributed by atoms with van der Waals surface area (Å²) in [4.78, 5) is 24.8. The monoisotopic (exact) mass is 218 g/mol. The van der Waals surface area contributed by atoms with E-state index in [-0.39, 0.29) is 18.0 Å². The standard InChI is InChI=1S/C12H14N2O2/c1-2-6-10-11(15)14(12(16)13-10)9-7-4-3-5-8-9/h3-5,7-8,10H,2,6H2,1H3,(H,13,16). The number of nitrogens with zero attached hydrogens (tertiary/aromatic N) is 1. The first-order valence-electron chi connectivity index (χ1n) is 5.43. The van der Waals surface area contributed by atoms with Crippen molar-refractivity contribution in [3.05, 3.63) is 30.3 Å². The van der Waals surface area contributed by atoms with E-state index in [1.807, 2.05) is 25.1 Å². The third kappa shape index (κ3) is 1.78. The van der Waals surface area contributed by atoms with Crippen LogP contribution < -0.4 is 10.2 Å². The van der Waals surface area contributed by atoms with E-state index in [9.17, 15) is 9.59 Å². The number of carbonyl (C=O) groups excluding carboxylic acids is 2. The fraction of sp³-hybridized carbons (Fsp3) is 0.333. The molecule has 1 aliphatic heterocycles. The summed E-state index contributed by atoms with van der Waals surface area (Å²) in [5.41, 5.74) is 0.628. The largest absolute Gasteiger partial charge is 0.329 e. The number of rotatable bonds is 3. The number of nitrogens with one attached hydrogen (secondary N) is 1. The fourth-order valence-corrected chi connectivity index (χ4v) is 1.84. The van der Waals surface area contributed by atoms with Gasteiger partial charge in [-0.2, -0.15) is 0 Å². The zero-order valence-electron chi connectivity index (χ0n) is 9.14. The molecule has 1 atom stereocenters. The molecule has 0 spiro atoms. The van der Waals surface area contributed by atoms with E-state index < -0.39 is 0 Å². The number of carbonyl (C=O) groups is 2. The van der Waals surface area contributed by atoms with Crippen molar-refractivity contribution in [2.24, 2.45) is 0 Å². The molecule has 4 heteroatoms. The predicted molar refractivity (Wildman–Crippen MR) is 61.2 cm³/mol. The van der Waals surface area contributed by atoms with E-state index in [1.54, 1.807) is 12.1 Å². The van der Waals surface area contributed by atoms with Crippen LogP contribution in [0.2, 0.25) is 0 Å². The van der Waals surface area contributed by atoms with Crippen LogP contribution in [0.5, 0.6) is 0 Å². The third-order valence-electron chi connectivity index (χ3n) is 2.61. The third-order valence-corrected chi connectivity index (χ3v) is 2.61. The van der Waals surface area contributed by atoms with E-state index in [4.69, 9.17) is 0 Å². The normalized spacial score (nSPS) is 20.1. The molecular weight excluding hydrogens is 204 g/mol. The number of imide groups is 1. The van der Waals surface area contributed by atoms with Crippen molar-refractivity contribution >= 4 is 17.6 Å². The van der Waals surface area contributed by atoms with Gasteiger partial charge in [-0.1, -0.05) is 31.5 Å². The van der Waals surface area contributed by atoms with Gasteiger partial charge in [0.25, 0.3) is 5.91 Å². The van der Waals surface area contributed by atoms with E-state index in [1.165, 1.54) is 4.90 Å². The summed E-state index contributed by atoms with van der Waals surface area (Å²) in [5.74, 6) is -0.155. The summed E-state index contributed by atoms with van der Waals surface area (Å²) in [6.07, 6.45) is 1.56. The average molecular weight is 218 g/mol. The van der Waals surface area contributed by atoms with Crippen LogP contribution in [0.25, 0.3) is 0 Å². The maximum atomic E-state index is 11.9. The lowest BCUT2D eigenvalue weighted by Crippen LogP contribution is -2.31. The molecule has 1 saturated heterocycles. The molecule has 1 N–H and O–H groups in total. The highest BCUT2D eigenvalue weighted by molar-refractivity contribution is 6.21. The van der Waals surface area contributed by atoms with Gasteiger partial charge < -0.3 is 5.32 Å². The van der Waals surface area contributed by atoms with E-state index in [0.717, 1.165) is 6.42 Å². The molecule has 1 aliphatic rings. The molecule has 1 fully saturated rings. The Kier molecular flexibility index (Phi) is 2.90. The molecule has 1 unspecified atom stereocenters. The van der Waals surface area contributed by atoms with Gasteiger partial charge in [0.2, 0.25) is 0 Å². The number of para-hydroxylation sites is 1. The van der Waals surface area contributed by atoms with Crippen LogP contribution in [0.1, 0.15) is 19.8 Å². The van der Waals surface area contributed by atoms with Crippen molar-refractivity contribution in [1.82, 2.24) is 5.32 Å². The van der Waals surface area contributed by atoms with Crippen molar-refractivity contribution in [3.63, 3.8) is 0 Å². The summed E-state index contributed by atoms with van der Waals surface area (Å²) in [6.45, 7) is 1.99. The van der Waals surface area contributed by atoms with E-state index in [0.29, 0.717) is 12.1 Å². The second-order valence-corrected chi connectivity index (χ2v) is 3.80. The van der Waals surface area contributed by atoms with Gasteiger partial charge >= 0.3 is 6.03 Å². The van der Waals surface area contributed by atoms with E-state index >= 15 is 0 Å². The Morgan fingerprint density at radius 3 is 2.56 bits per heavy atom. The van der Waals surface area contributed by atoms with Gasteiger partial charge in [0, 0.05) is 0 Å². The minimum atomic E-state index is -0.363. The minimum Gasteiger partial charge on any atom is -0.325 e. The van der Waals surface area contributed by atoms with Crippen LogP contribution in [0.15, 0.2) is 30.3 Å². The number of anilines is 1. The molecule has 0 bridgehead atoms. The molecule has 1 heterocycles. The highest BCUT2D eigenvalue weighted by Crippen LogP contribution is 2.20. The quantitative estimate of drug-likeness (QED) is 0.788. The lowest BCUT2D eigenvalue weighted by molar-refractivity contribution is -0.118. The molecule has 1 aromatic carbocycles. The zero-order valence-corrected chi connectivity index (χ0v) is 9.14. The molecule has 0 saturated carbocycles. The Balaban J connectivity index is 2.23. The van der Waals surface area contributed by atoms with Crippen LogP contribution in [-0.4, -0.2) is 18.0 Å². The van der Waals surface area contributed by atoms with Crippen LogP contribution in [-0.2, 0) is 4.79 Å². The maximum Gasteiger partial charge on any atom is 0.329 e. The molecule has 0 radical (unpaired) electrons. The van der Waals surface area contributed by atoms with Crippen molar-refractivity contribution in [2.45, 2.75) is 25.8 Å². The Morgan fingerprint density at radius 2 is 1.94 bits per heavy atom. The summed E-state index contributed by atoms with van der Waals surface area (Å²) in [7, 11) is 0. The van der Waals surface area contributed by atoms with Gasteiger partial charge in [0.05, 0.1) is 5.69 Å². The molecule has 3 amide bonds. The Morgan fingerprint density at radius 1 is 1.25 bits per heavy atom. The van der Waals surface area contributed by atoms with Crippen LogP contribution in [0, 0.1) is 0 Å². The fourth-order valence-electron chi connectivity index (χ4n) is 1.84. The SMILES string of the molecule is CCCC1NC(=O)N(c2ccccc2)C1=O. The van der Waals surface area contributed by atoms with Gasteiger partial charge in [-0.15, -0.1) is 0 Å². The van der Waals surface area contributed by atoms with Crippen molar-refractivity contribution < 1.29 is 9.59 Å². The Hall–Kier alpha value is -1.84. The first-order valence-corrected chi connectivity index (χ1v) is 5.43. The van der Waals surface area contributed by atoms with Crippen LogP contribution in [0.4, 0.5) is 10.5 Å².